The summed E-state index contributed by atoms with van der Waals surface area (Å²) in [6, 6.07) is 3.12. The molecule has 94 valence electrons. The van der Waals surface area contributed by atoms with Crippen molar-refractivity contribution in [2.75, 3.05) is 18.4 Å². The molecule has 1 amide bonds. The molecule has 1 aromatic heterocycles. The third-order valence-corrected chi connectivity index (χ3v) is 2.70. The first-order chi connectivity index (χ1) is 7.77. The molecular formula is C11H16ClN3O2. The van der Waals surface area contributed by atoms with Crippen LogP contribution in [-0.4, -0.2) is 29.1 Å². The largest absolute Gasteiger partial charge is 0.504 e. The molecule has 0 unspecified atom stereocenters. The van der Waals surface area contributed by atoms with Gasteiger partial charge in [-0.05, 0) is 31.5 Å². The van der Waals surface area contributed by atoms with Crippen LogP contribution in [0.1, 0.15) is 12.8 Å². The zero-order chi connectivity index (χ0) is 11.4. The smallest absolute Gasteiger partial charge is 0.230 e. The molecule has 1 atom stereocenters. The Morgan fingerprint density at radius 2 is 2.41 bits per heavy atom. The standard InChI is InChI=1S/C11H15N3O2.ClH/c15-9-4-2-6-13-10(9)14-11(16)8-3-1-5-12-7-8;/h2,4,6,8,12,15H,1,3,5,7H2,(H,13,14,16);1H/t8-;/m1./s1. The molecule has 1 aliphatic heterocycles. The molecule has 0 spiro atoms. The molecule has 0 aromatic carbocycles. The summed E-state index contributed by atoms with van der Waals surface area (Å²) in [6.45, 7) is 1.66. The van der Waals surface area contributed by atoms with Crippen molar-refractivity contribution in [2.24, 2.45) is 5.92 Å². The number of nitrogens with zero attached hydrogens (tertiary/aromatic N) is 1. The van der Waals surface area contributed by atoms with Gasteiger partial charge in [0.1, 0.15) is 0 Å². The number of hydrogen-bond donors (Lipinski definition) is 3. The maximum atomic E-state index is 11.8. The number of pyridine rings is 1. The lowest BCUT2D eigenvalue weighted by Crippen LogP contribution is -2.37. The van der Waals surface area contributed by atoms with Crippen molar-refractivity contribution in [1.29, 1.82) is 0 Å². The number of piperidine rings is 1. The lowest BCUT2D eigenvalue weighted by molar-refractivity contribution is -0.120. The van der Waals surface area contributed by atoms with Crippen LogP contribution in [0.4, 0.5) is 5.82 Å². The van der Waals surface area contributed by atoms with Gasteiger partial charge in [-0.3, -0.25) is 4.79 Å². The Morgan fingerprint density at radius 1 is 1.59 bits per heavy atom. The molecular weight excluding hydrogens is 242 g/mol. The van der Waals surface area contributed by atoms with Crippen LogP contribution in [0.25, 0.3) is 0 Å². The molecule has 1 aliphatic rings. The Bertz CT molecular complexity index is 381. The average molecular weight is 258 g/mol. The number of rotatable bonds is 2. The minimum atomic E-state index is -0.0822. The normalized spacial score (nSPS) is 19.2. The lowest BCUT2D eigenvalue weighted by Gasteiger charge is -2.21. The van der Waals surface area contributed by atoms with Gasteiger partial charge >= 0.3 is 0 Å². The summed E-state index contributed by atoms with van der Waals surface area (Å²) in [5, 5.41) is 15.3. The van der Waals surface area contributed by atoms with Crippen molar-refractivity contribution in [1.82, 2.24) is 10.3 Å². The molecule has 0 aliphatic carbocycles. The average Bonchev–Trinajstić information content (AvgIpc) is 2.33. The van der Waals surface area contributed by atoms with Crippen LogP contribution < -0.4 is 10.6 Å². The highest BCUT2D eigenvalue weighted by atomic mass is 35.5. The Morgan fingerprint density at radius 3 is 3.06 bits per heavy atom. The number of aromatic hydroxyl groups is 1. The van der Waals surface area contributed by atoms with Gasteiger partial charge in [0, 0.05) is 12.7 Å². The number of hydrogen-bond acceptors (Lipinski definition) is 4. The summed E-state index contributed by atoms with van der Waals surface area (Å²) < 4.78 is 0. The van der Waals surface area contributed by atoms with Gasteiger partial charge < -0.3 is 15.7 Å². The lowest BCUT2D eigenvalue weighted by atomic mass is 9.99. The molecule has 2 rings (SSSR count). The van der Waals surface area contributed by atoms with Crippen molar-refractivity contribution in [3.8, 4) is 5.75 Å². The van der Waals surface area contributed by atoms with Crippen molar-refractivity contribution in [2.45, 2.75) is 12.8 Å². The summed E-state index contributed by atoms with van der Waals surface area (Å²) >= 11 is 0. The zero-order valence-electron chi connectivity index (χ0n) is 9.35. The Labute approximate surface area is 106 Å². The Kier molecular flexibility index (Phi) is 5.18. The van der Waals surface area contributed by atoms with E-state index in [1.165, 1.54) is 12.3 Å². The van der Waals surface area contributed by atoms with Crippen LogP contribution >= 0.6 is 12.4 Å². The number of nitrogens with one attached hydrogen (secondary N) is 2. The highest BCUT2D eigenvalue weighted by Crippen LogP contribution is 2.20. The van der Waals surface area contributed by atoms with Crippen LogP contribution in [0, 0.1) is 5.92 Å². The van der Waals surface area contributed by atoms with Gasteiger partial charge in [-0.2, -0.15) is 0 Å². The van der Waals surface area contributed by atoms with Crippen LogP contribution in [-0.2, 0) is 4.79 Å². The quantitative estimate of drug-likeness (QED) is 0.743. The molecule has 17 heavy (non-hydrogen) atoms. The molecule has 0 radical (unpaired) electrons. The van der Waals surface area contributed by atoms with Gasteiger partial charge in [-0.15, -0.1) is 12.4 Å². The van der Waals surface area contributed by atoms with Crippen molar-refractivity contribution in [3.05, 3.63) is 18.3 Å². The van der Waals surface area contributed by atoms with Gasteiger partial charge in [0.05, 0.1) is 5.92 Å². The second kappa shape index (κ2) is 6.42. The number of halogens is 1. The highest BCUT2D eigenvalue weighted by molar-refractivity contribution is 5.93. The first-order valence-corrected chi connectivity index (χ1v) is 5.43. The number of carbonyl (C=O) groups is 1. The molecule has 6 heteroatoms. The molecule has 1 aromatic rings. The number of amides is 1. The van der Waals surface area contributed by atoms with E-state index in [1.807, 2.05) is 0 Å². The second-order valence-corrected chi connectivity index (χ2v) is 3.90. The number of carbonyl (C=O) groups excluding carboxylic acids is 1. The topological polar surface area (TPSA) is 74.2 Å². The fraction of sp³-hybridized carbons (Fsp3) is 0.455. The second-order valence-electron chi connectivity index (χ2n) is 3.90. The van der Waals surface area contributed by atoms with Gasteiger partial charge in [0.15, 0.2) is 11.6 Å². The van der Waals surface area contributed by atoms with Gasteiger partial charge in [-0.25, -0.2) is 4.98 Å². The minimum Gasteiger partial charge on any atom is -0.504 e. The third kappa shape index (κ3) is 3.57. The number of aromatic nitrogens is 1. The van der Waals surface area contributed by atoms with E-state index in [1.54, 1.807) is 6.07 Å². The molecule has 3 N–H and O–H groups in total. The summed E-state index contributed by atoms with van der Waals surface area (Å²) in [6.07, 6.45) is 3.42. The fourth-order valence-electron chi connectivity index (χ4n) is 1.79. The van der Waals surface area contributed by atoms with Gasteiger partial charge in [-0.1, -0.05) is 0 Å². The summed E-state index contributed by atoms with van der Waals surface area (Å²) in [5.74, 6) is 0.119. The van der Waals surface area contributed by atoms with Crippen LogP contribution in [0.5, 0.6) is 5.75 Å². The maximum Gasteiger partial charge on any atom is 0.230 e. The molecule has 2 heterocycles. The van der Waals surface area contributed by atoms with Crippen molar-refractivity contribution >= 4 is 24.1 Å². The predicted molar refractivity (Wildman–Crippen MR) is 67.4 cm³/mol. The monoisotopic (exact) mass is 257 g/mol. The van der Waals surface area contributed by atoms with Gasteiger partial charge in [0.25, 0.3) is 0 Å². The van der Waals surface area contributed by atoms with Crippen LogP contribution in [0.15, 0.2) is 18.3 Å². The fourth-order valence-corrected chi connectivity index (χ4v) is 1.79. The van der Waals surface area contributed by atoms with E-state index in [0.29, 0.717) is 6.54 Å². The molecule has 5 nitrogen and oxygen atoms in total. The molecule has 0 bridgehead atoms. The first kappa shape index (κ1) is 13.7. The Balaban J connectivity index is 0.00000144. The summed E-state index contributed by atoms with van der Waals surface area (Å²) in [7, 11) is 0. The summed E-state index contributed by atoms with van der Waals surface area (Å²) in [5.41, 5.74) is 0. The predicted octanol–water partition coefficient (Wildman–Crippen LogP) is 1.15. The van der Waals surface area contributed by atoms with Gasteiger partial charge in [0.2, 0.25) is 5.91 Å². The minimum absolute atomic E-state index is 0. The Hall–Kier alpha value is -1.33. The SMILES string of the molecule is Cl.O=C(Nc1ncccc1O)[C@@H]1CCCNC1. The van der Waals surface area contributed by atoms with E-state index < -0.39 is 0 Å². The highest BCUT2D eigenvalue weighted by Gasteiger charge is 2.21. The van der Waals surface area contributed by atoms with Crippen LogP contribution in [0.2, 0.25) is 0 Å². The van der Waals surface area contributed by atoms with E-state index in [-0.39, 0.29) is 35.8 Å². The molecule has 1 fully saturated rings. The zero-order valence-corrected chi connectivity index (χ0v) is 10.2. The van der Waals surface area contributed by atoms with E-state index in [4.69, 9.17) is 0 Å². The van der Waals surface area contributed by atoms with E-state index in [2.05, 4.69) is 15.6 Å². The van der Waals surface area contributed by atoms with Crippen molar-refractivity contribution < 1.29 is 9.90 Å². The van der Waals surface area contributed by atoms with E-state index >= 15 is 0 Å². The third-order valence-electron chi connectivity index (χ3n) is 2.70. The molecule has 1 saturated heterocycles. The maximum absolute atomic E-state index is 11.8. The summed E-state index contributed by atoms with van der Waals surface area (Å²) in [4.78, 5) is 15.7. The first-order valence-electron chi connectivity index (χ1n) is 5.43. The van der Waals surface area contributed by atoms with Crippen molar-refractivity contribution in [3.63, 3.8) is 0 Å². The van der Waals surface area contributed by atoms with E-state index in [0.717, 1.165) is 19.4 Å². The van der Waals surface area contributed by atoms with E-state index in [9.17, 15) is 9.90 Å². The number of anilines is 1. The van der Waals surface area contributed by atoms with Crippen LogP contribution in [0.3, 0.4) is 0 Å². The molecule has 0 saturated carbocycles.